The molecule has 3 nitrogen and oxygen atoms in total. The van der Waals surface area contributed by atoms with Crippen molar-refractivity contribution in [1.82, 2.24) is 4.90 Å². The fraction of sp³-hybridized carbons (Fsp3) is 0.500. The van der Waals surface area contributed by atoms with E-state index in [-0.39, 0.29) is 12.1 Å². The minimum Gasteiger partial charge on any atom is -0.391 e. The number of nitrogens with zero attached hydrogens (tertiary/aromatic N) is 2. The molecule has 0 bridgehead atoms. The highest BCUT2D eigenvalue weighted by Crippen LogP contribution is 2.24. The maximum absolute atomic E-state index is 9.84. The van der Waals surface area contributed by atoms with Gasteiger partial charge in [0.05, 0.1) is 17.7 Å². The van der Waals surface area contributed by atoms with Crippen LogP contribution in [0.15, 0.2) is 24.3 Å². The van der Waals surface area contributed by atoms with E-state index >= 15 is 0 Å². The summed E-state index contributed by atoms with van der Waals surface area (Å²) in [6.07, 6.45) is 2.89. The SMILES string of the molecule is CN(Cc1cccc(C#N)c1)[C@H]1CCC[C@@H]1O. The third kappa shape index (κ3) is 2.85. The van der Waals surface area contributed by atoms with Crippen molar-refractivity contribution < 1.29 is 5.11 Å². The number of likely N-dealkylation sites (N-methyl/N-ethyl adjacent to an activating group) is 1. The lowest BCUT2D eigenvalue weighted by molar-refractivity contribution is 0.0825. The van der Waals surface area contributed by atoms with Crippen molar-refractivity contribution in [2.45, 2.75) is 38.0 Å². The third-order valence-corrected chi connectivity index (χ3v) is 3.50. The lowest BCUT2D eigenvalue weighted by Gasteiger charge is -2.27. The Hall–Kier alpha value is -1.37. The first-order valence-electron chi connectivity index (χ1n) is 6.08. The highest BCUT2D eigenvalue weighted by molar-refractivity contribution is 5.32. The average molecular weight is 230 g/mol. The highest BCUT2D eigenvalue weighted by atomic mass is 16.3. The molecule has 0 radical (unpaired) electrons. The minimum absolute atomic E-state index is 0.195. The van der Waals surface area contributed by atoms with Crippen LogP contribution in [0.1, 0.15) is 30.4 Å². The van der Waals surface area contributed by atoms with Crippen LogP contribution in [0.25, 0.3) is 0 Å². The second kappa shape index (κ2) is 5.31. The second-order valence-electron chi connectivity index (χ2n) is 4.79. The zero-order chi connectivity index (χ0) is 12.3. The van der Waals surface area contributed by atoms with E-state index in [1.165, 1.54) is 0 Å². The Bertz CT molecular complexity index is 424. The summed E-state index contributed by atoms with van der Waals surface area (Å²) in [5.41, 5.74) is 1.83. The Morgan fingerprint density at radius 3 is 2.94 bits per heavy atom. The topological polar surface area (TPSA) is 47.3 Å². The Balaban J connectivity index is 2.02. The second-order valence-corrected chi connectivity index (χ2v) is 4.79. The van der Waals surface area contributed by atoms with E-state index in [0.717, 1.165) is 31.4 Å². The first-order chi connectivity index (χ1) is 8.20. The molecule has 1 aliphatic rings. The molecule has 1 fully saturated rings. The molecule has 0 saturated heterocycles. The number of rotatable bonds is 3. The fourth-order valence-electron chi connectivity index (χ4n) is 2.58. The van der Waals surface area contributed by atoms with E-state index in [1.807, 2.05) is 31.3 Å². The van der Waals surface area contributed by atoms with E-state index in [0.29, 0.717) is 5.56 Å². The minimum atomic E-state index is -0.195. The van der Waals surface area contributed by atoms with Crippen LogP contribution in [0.4, 0.5) is 0 Å². The van der Waals surface area contributed by atoms with Gasteiger partial charge in [-0.25, -0.2) is 0 Å². The van der Waals surface area contributed by atoms with Crippen molar-refractivity contribution in [3.8, 4) is 6.07 Å². The molecule has 0 aliphatic heterocycles. The smallest absolute Gasteiger partial charge is 0.0991 e. The first kappa shape index (κ1) is 12.1. The van der Waals surface area contributed by atoms with E-state index in [1.54, 1.807) is 0 Å². The third-order valence-electron chi connectivity index (χ3n) is 3.50. The van der Waals surface area contributed by atoms with Crippen LogP contribution in [0.3, 0.4) is 0 Å². The largest absolute Gasteiger partial charge is 0.391 e. The molecule has 0 spiro atoms. The van der Waals surface area contributed by atoms with Gasteiger partial charge in [-0.1, -0.05) is 12.1 Å². The van der Waals surface area contributed by atoms with Crippen molar-refractivity contribution in [3.05, 3.63) is 35.4 Å². The normalized spacial score (nSPS) is 23.9. The molecule has 1 aromatic carbocycles. The van der Waals surface area contributed by atoms with E-state index in [2.05, 4.69) is 11.0 Å². The fourth-order valence-corrected chi connectivity index (χ4v) is 2.58. The molecule has 1 aromatic rings. The summed E-state index contributed by atoms with van der Waals surface area (Å²) in [5, 5.41) is 18.7. The van der Waals surface area contributed by atoms with Crippen molar-refractivity contribution in [3.63, 3.8) is 0 Å². The van der Waals surface area contributed by atoms with Gasteiger partial charge >= 0.3 is 0 Å². The Morgan fingerprint density at radius 2 is 2.29 bits per heavy atom. The number of aliphatic hydroxyl groups excluding tert-OH is 1. The molecule has 1 aliphatic carbocycles. The quantitative estimate of drug-likeness (QED) is 0.862. The molecule has 0 amide bonds. The van der Waals surface area contributed by atoms with Gasteiger partial charge in [-0.05, 0) is 44.0 Å². The molecule has 90 valence electrons. The summed E-state index contributed by atoms with van der Waals surface area (Å²) in [5.74, 6) is 0. The van der Waals surface area contributed by atoms with Crippen molar-refractivity contribution >= 4 is 0 Å². The number of hydrogen-bond donors (Lipinski definition) is 1. The molecule has 1 N–H and O–H groups in total. The molecular weight excluding hydrogens is 212 g/mol. The predicted molar refractivity (Wildman–Crippen MR) is 66.3 cm³/mol. The van der Waals surface area contributed by atoms with Crippen LogP contribution in [-0.4, -0.2) is 29.2 Å². The Labute approximate surface area is 102 Å². The van der Waals surface area contributed by atoms with Crippen molar-refractivity contribution in [1.29, 1.82) is 5.26 Å². The predicted octanol–water partition coefficient (Wildman–Crippen LogP) is 1.90. The molecule has 0 heterocycles. The highest BCUT2D eigenvalue weighted by Gasteiger charge is 2.28. The zero-order valence-corrected chi connectivity index (χ0v) is 10.1. The van der Waals surface area contributed by atoms with Crippen LogP contribution in [0, 0.1) is 11.3 Å². The molecule has 0 aromatic heterocycles. The van der Waals surface area contributed by atoms with Gasteiger partial charge in [0.25, 0.3) is 0 Å². The molecule has 2 atom stereocenters. The number of hydrogen-bond acceptors (Lipinski definition) is 3. The standard InChI is InChI=1S/C14H18N2O/c1-16(13-6-3-7-14(13)17)10-12-5-2-4-11(8-12)9-15/h2,4-5,8,13-14,17H,3,6-7,10H2,1H3/t13-,14-/m0/s1. The molecule has 1 saturated carbocycles. The summed E-state index contributed by atoms with van der Waals surface area (Å²) in [6, 6.07) is 10.1. The number of aliphatic hydroxyl groups is 1. The average Bonchev–Trinajstić information content (AvgIpc) is 2.76. The molecule has 3 heteroatoms. The summed E-state index contributed by atoms with van der Waals surface area (Å²) < 4.78 is 0. The van der Waals surface area contributed by atoms with Crippen LogP contribution in [0.2, 0.25) is 0 Å². The van der Waals surface area contributed by atoms with Crippen LogP contribution >= 0.6 is 0 Å². The van der Waals surface area contributed by atoms with Gasteiger partial charge < -0.3 is 5.11 Å². The van der Waals surface area contributed by atoms with Crippen molar-refractivity contribution in [2.75, 3.05) is 7.05 Å². The molecule has 17 heavy (non-hydrogen) atoms. The van der Waals surface area contributed by atoms with Gasteiger partial charge in [-0.3, -0.25) is 4.90 Å². The van der Waals surface area contributed by atoms with Crippen LogP contribution in [0.5, 0.6) is 0 Å². The van der Waals surface area contributed by atoms with Gasteiger partial charge in [0.2, 0.25) is 0 Å². The maximum atomic E-state index is 9.84. The van der Waals surface area contributed by atoms with Gasteiger partial charge in [0, 0.05) is 12.6 Å². The van der Waals surface area contributed by atoms with Crippen LogP contribution in [-0.2, 0) is 6.54 Å². The first-order valence-corrected chi connectivity index (χ1v) is 6.08. The molecule has 0 unspecified atom stereocenters. The summed E-state index contributed by atoms with van der Waals surface area (Å²) in [7, 11) is 2.04. The number of benzene rings is 1. The monoisotopic (exact) mass is 230 g/mol. The molecular formula is C14H18N2O. The van der Waals surface area contributed by atoms with E-state index in [4.69, 9.17) is 5.26 Å². The summed E-state index contributed by atoms with van der Waals surface area (Å²) in [6.45, 7) is 0.789. The zero-order valence-electron chi connectivity index (χ0n) is 10.1. The van der Waals surface area contributed by atoms with Crippen molar-refractivity contribution in [2.24, 2.45) is 0 Å². The number of nitriles is 1. The summed E-state index contributed by atoms with van der Waals surface area (Å²) >= 11 is 0. The maximum Gasteiger partial charge on any atom is 0.0991 e. The summed E-state index contributed by atoms with van der Waals surface area (Å²) in [4.78, 5) is 2.19. The Kier molecular flexibility index (Phi) is 3.78. The van der Waals surface area contributed by atoms with Gasteiger partial charge in [-0.2, -0.15) is 5.26 Å². The lowest BCUT2D eigenvalue weighted by atomic mass is 10.1. The van der Waals surface area contributed by atoms with E-state index < -0.39 is 0 Å². The van der Waals surface area contributed by atoms with Gasteiger partial charge in [-0.15, -0.1) is 0 Å². The Morgan fingerprint density at radius 1 is 1.47 bits per heavy atom. The van der Waals surface area contributed by atoms with E-state index in [9.17, 15) is 5.11 Å². The van der Waals surface area contributed by atoms with Gasteiger partial charge in [0.15, 0.2) is 0 Å². The lowest BCUT2D eigenvalue weighted by Crippen LogP contribution is -2.36. The molecule has 2 rings (SSSR count). The van der Waals surface area contributed by atoms with Crippen LogP contribution < -0.4 is 0 Å². The van der Waals surface area contributed by atoms with Gasteiger partial charge in [0.1, 0.15) is 0 Å².